The number of nitrogens with zero attached hydrogens (tertiary/aromatic N) is 2. The van der Waals surface area contributed by atoms with Gasteiger partial charge in [0, 0.05) is 6.20 Å². The van der Waals surface area contributed by atoms with E-state index in [0.717, 1.165) is 12.8 Å². The third kappa shape index (κ3) is 3.12. The van der Waals surface area contributed by atoms with Gasteiger partial charge in [-0.3, -0.25) is 9.59 Å². The lowest BCUT2D eigenvalue weighted by molar-refractivity contribution is -0.138. The molecule has 1 heterocycles. The van der Waals surface area contributed by atoms with E-state index in [1.807, 2.05) is 0 Å². The van der Waals surface area contributed by atoms with E-state index in [-0.39, 0.29) is 12.3 Å². The molecule has 1 fully saturated rings. The molecule has 0 atom stereocenters. The van der Waals surface area contributed by atoms with E-state index in [2.05, 4.69) is 15.3 Å². The van der Waals surface area contributed by atoms with Crippen molar-refractivity contribution in [1.82, 2.24) is 15.3 Å². The van der Waals surface area contributed by atoms with Crippen LogP contribution in [0.4, 0.5) is 0 Å². The molecule has 2 N–H and O–H groups in total. The molecule has 6 heteroatoms. The molecule has 1 aromatic heterocycles. The van der Waals surface area contributed by atoms with Crippen LogP contribution in [0.15, 0.2) is 6.20 Å². The fourth-order valence-corrected chi connectivity index (χ4v) is 2.80. The van der Waals surface area contributed by atoms with Gasteiger partial charge < -0.3 is 10.4 Å². The highest BCUT2D eigenvalue weighted by Crippen LogP contribution is 2.33. The summed E-state index contributed by atoms with van der Waals surface area (Å²) < 4.78 is 0. The van der Waals surface area contributed by atoms with Crippen LogP contribution in [-0.4, -0.2) is 32.5 Å². The molecule has 20 heavy (non-hydrogen) atoms. The van der Waals surface area contributed by atoms with Crippen LogP contribution in [0.1, 0.15) is 54.0 Å². The molecular formula is C14H19N3O3. The number of aryl methyl sites for hydroxylation is 2. The Morgan fingerprint density at radius 3 is 2.55 bits per heavy atom. The summed E-state index contributed by atoms with van der Waals surface area (Å²) in [6.07, 6.45) is 4.75. The minimum Gasteiger partial charge on any atom is -0.481 e. The van der Waals surface area contributed by atoms with E-state index in [0.29, 0.717) is 29.9 Å². The fraction of sp³-hybridized carbons (Fsp3) is 0.571. The van der Waals surface area contributed by atoms with E-state index in [1.165, 1.54) is 6.20 Å². The Morgan fingerprint density at radius 1 is 1.35 bits per heavy atom. The number of hydrogen-bond acceptors (Lipinski definition) is 4. The SMILES string of the molecule is Cc1ncc(C(=O)NC2(CC(=O)O)CCCC2)c(C)n1. The Balaban J connectivity index is 2.18. The third-order valence-corrected chi connectivity index (χ3v) is 3.77. The van der Waals surface area contributed by atoms with Crippen molar-refractivity contribution in [2.24, 2.45) is 0 Å². The average molecular weight is 277 g/mol. The fourth-order valence-electron chi connectivity index (χ4n) is 2.80. The maximum absolute atomic E-state index is 12.3. The van der Waals surface area contributed by atoms with Crippen LogP contribution in [0, 0.1) is 13.8 Å². The molecule has 1 amide bonds. The van der Waals surface area contributed by atoms with E-state index in [4.69, 9.17) is 5.11 Å². The molecule has 1 aromatic rings. The number of carbonyl (C=O) groups excluding carboxylic acids is 1. The number of hydrogen-bond donors (Lipinski definition) is 2. The Hall–Kier alpha value is -1.98. The molecule has 1 saturated carbocycles. The molecule has 0 radical (unpaired) electrons. The molecule has 6 nitrogen and oxygen atoms in total. The first-order valence-electron chi connectivity index (χ1n) is 6.76. The molecule has 108 valence electrons. The number of aliphatic carboxylic acids is 1. The number of carboxylic acids is 1. The van der Waals surface area contributed by atoms with Crippen LogP contribution in [-0.2, 0) is 4.79 Å². The largest absolute Gasteiger partial charge is 0.481 e. The van der Waals surface area contributed by atoms with Gasteiger partial charge in [-0.1, -0.05) is 12.8 Å². The highest BCUT2D eigenvalue weighted by molar-refractivity contribution is 5.95. The van der Waals surface area contributed by atoms with Crippen LogP contribution in [0.25, 0.3) is 0 Å². The maximum Gasteiger partial charge on any atom is 0.305 e. The van der Waals surface area contributed by atoms with Crippen LogP contribution in [0.5, 0.6) is 0 Å². The van der Waals surface area contributed by atoms with Gasteiger partial charge in [0.15, 0.2) is 0 Å². The van der Waals surface area contributed by atoms with Crippen LogP contribution < -0.4 is 5.32 Å². The first kappa shape index (κ1) is 14.4. The summed E-state index contributed by atoms with van der Waals surface area (Å²) in [5.74, 6) is -0.560. The summed E-state index contributed by atoms with van der Waals surface area (Å²) in [4.78, 5) is 31.5. The lowest BCUT2D eigenvalue weighted by Crippen LogP contribution is -2.48. The van der Waals surface area contributed by atoms with E-state index >= 15 is 0 Å². The van der Waals surface area contributed by atoms with Gasteiger partial charge in [0.25, 0.3) is 5.91 Å². The smallest absolute Gasteiger partial charge is 0.305 e. The lowest BCUT2D eigenvalue weighted by Gasteiger charge is -2.28. The summed E-state index contributed by atoms with van der Waals surface area (Å²) in [6, 6.07) is 0. The van der Waals surface area contributed by atoms with Gasteiger partial charge in [-0.25, -0.2) is 9.97 Å². The molecule has 1 aliphatic rings. The Morgan fingerprint density at radius 2 is 2.00 bits per heavy atom. The number of aromatic nitrogens is 2. The van der Waals surface area contributed by atoms with Gasteiger partial charge >= 0.3 is 5.97 Å². The van der Waals surface area contributed by atoms with Crippen molar-refractivity contribution in [2.75, 3.05) is 0 Å². The van der Waals surface area contributed by atoms with Gasteiger partial charge in [-0.15, -0.1) is 0 Å². The average Bonchev–Trinajstić information content (AvgIpc) is 2.75. The first-order chi connectivity index (χ1) is 9.42. The number of rotatable bonds is 4. The second-order valence-electron chi connectivity index (χ2n) is 5.43. The second-order valence-corrected chi connectivity index (χ2v) is 5.43. The third-order valence-electron chi connectivity index (χ3n) is 3.77. The second kappa shape index (κ2) is 5.56. The minimum absolute atomic E-state index is 0.0372. The van der Waals surface area contributed by atoms with Crippen molar-refractivity contribution in [3.63, 3.8) is 0 Å². The highest BCUT2D eigenvalue weighted by Gasteiger charge is 2.37. The molecule has 1 aliphatic carbocycles. The summed E-state index contributed by atoms with van der Waals surface area (Å²) in [5, 5.41) is 11.9. The molecule has 0 bridgehead atoms. The first-order valence-corrected chi connectivity index (χ1v) is 6.76. The number of nitrogens with one attached hydrogen (secondary N) is 1. The highest BCUT2D eigenvalue weighted by atomic mass is 16.4. The quantitative estimate of drug-likeness (QED) is 0.872. The van der Waals surface area contributed by atoms with Crippen molar-refractivity contribution in [3.05, 3.63) is 23.3 Å². The summed E-state index contributed by atoms with van der Waals surface area (Å²) in [6.45, 7) is 3.51. The van der Waals surface area contributed by atoms with Gasteiger partial charge in [0.2, 0.25) is 0 Å². The predicted octanol–water partition coefficient (Wildman–Crippen LogP) is 1.61. The predicted molar refractivity (Wildman–Crippen MR) is 72.4 cm³/mol. The number of amides is 1. The standard InChI is InChI=1S/C14H19N3O3/c1-9-11(8-15-10(2)16-9)13(20)17-14(7-12(18)19)5-3-4-6-14/h8H,3-7H2,1-2H3,(H,17,20)(H,18,19). The van der Waals surface area contributed by atoms with Crippen molar-refractivity contribution >= 4 is 11.9 Å². The molecule has 2 rings (SSSR count). The normalized spacial score (nSPS) is 16.9. The Labute approximate surface area is 117 Å². The Kier molecular flexibility index (Phi) is 4.01. The van der Waals surface area contributed by atoms with Crippen LogP contribution in [0.3, 0.4) is 0 Å². The van der Waals surface area contributed by atoms with E-state index in [9.17, 15) is 9.59 Å². The molecule has 0 aromatic carbocycles. The van der Waals surface area contributed by atoms with Crippen LogP contribution in [0.2, 0.25) is 0 Å². The van der Waals surface area contributed by atoms with Crippen molar-refractivity contribution in [2.45, 2.75) is 51.5 Å². The van der Waals surface area contributed by atoms with Crippen molar-refractivity contribution < 1.29 is 14.7 Å². The van der Waals surface area contributed by atoms with Crippen molar-refractivity contribution in [1.29, 1.82) is 0 Å². The molecule has 0 saturated heterocycles. The molecule has 0 aliphatic heterocycles. The van der Waals surface area contributed by atoms with Gasteiger partial charge in [0.05, 0.1) is 23.2 Å². The topological polar surface area (TPSA) is 92.2 Å². The number of carboxylic acid groups (broad SMARTS) is 1. The zero-order valence-corrected chi connectivity index (χ0v) is 11.8. The lowest BCUT2D eigenvalue weighted by atomic mass is 9.92. The maximum atomic E-state index is 12.3. The summed E-state index contributed by atoms with van der Waals surface area (Å²) in [5.41, 5.74) is 0.394. The molecular weight excluding hydrogens is 258 g/mol. The Bertz CT molecular complexity index is 536. The minimum atomic E-state index is -0.885. The monoisotopic (exact) mass is 277 g/mol. The molecule has 0 unspecified atom stereocenters. The van der Waals surface area contributed by atoms with Crippen LogP contribution >= 0.6 is 0 Å². The van der Waals surface area contributed by atoms with E-state index < -0.39 is 11.5 Å². The zero-order chi connectivity index (χ0) is 14.8. The van der Waals surface area contributed by atoms with Gasteiger partial charge in [-0.05, 0) is 26.7 Å². The van der Waals surface area contributed by atoms with Crippen molar-refractivity contribution in [3.8, 4) is 0 Å². The van der Waals surface area contributed by atoms with Gasteiger partial charge in [-0.2, -0.15) is 0 Å². The van der Waals surface area contributed by atoms with E-state index in [1.54, 1.807) is 13.8 Å². The van der Waals surface area contributed by atoms with Gasteiger partial charge in [0.1, 0.15) is 5.82 Å². The summed E-state index contributed by atoms with van der Waals surface area (Å²) >= 11 is 0. The molecule has 0 spiro atoms. The zero-order valence-electron chi connectivity index (χ0n) is 11.8. The number of carbonyl (C=O) groups is 2. The summed E-state index contributed by atoms with van der Waals surface area (Å²) in [7, 11) is 0.